The van der Waals surface area contributed by atoms with E-state index in [-0.39, 0.29) is 5.91 Å². The Bertz CT molecular complexity index is 1270. The first-order chi connectivity index (χ1) is 15.1. The molecule has 9 heteroatoms. The molecule has 0 aliphatic heterocycles. The summed E-state index contributed by atoms with van der Waals surface area (Å²) in [5, 5.41) is 18.7. The Balaban J connectivity index is 1.70. The molecular formula is C22H20N6O2S. The van der Waals surface area contributed by atoms with E-state index in [1.807, 2.05) is 31.5 Å². The van der Waals surface area contributed by atoms with Crippen molar-refractivity contribution in [2.24, 2.45) is 7.05 Å². The number of anilines is 1. The van der Waals surface area contributed by atoms with Gasteiger partial charge in [-0.2, -0.15) is 10.4 Å². The molecule has 0 fully saturated rings. The van der Waals surface area contributed by atoms with Crippen LogP contribution in [0.2, 0.25) is 0 Å². The molecule has 0 aromatic carbocycles. The third-order valence-electron chi connectivity index (χ3n) is 4.68. The Labute approximate surface area is 183 Å². The molecule has 4 aromatic heterocycles. The van der Waals surface area contributed by atoms with Crippen LogP contribution < -0.4 is 10.1 Å². The van der Waals surface area contributed by atoms with Gasteiger partial charge in [0.15, 0.2) is 17.2 Å². The van der Waals surface area contributed by atoms with E-state index < -0.39 is 0 Å². The number of rotatable bonds is 7. The highest BCUT2D eigenvalue weighted by Gasteiger charge is 2.21. The zero-order valence-electron chi connectivity index (χ0n) is 17.1. The van der Waals surface area contributed by atoms with Crippen molar-refractivity contribution < 1.29 is 9.53 Å². The number of hydrogen-bond donors (Lipinski definition) is 1. The van der Waals surface area contributed by atoms with Crippen LogP contribution in [0.25, 0.3) is 21.6 Å². The highest BCUT2D eigenvalue weighted by Crippen LogP contribution is 2.30. The molecule has 0 aliphatic rings. The fourth-order valence-corrected chi connectivity index (χ4v) is 3.97. The number of carbonyl (C=O) groups excluding carboxylic acids is 1. The van der Waals surface area contributed by atoms with Gasteiger partial charge in [0, 0.05) is 19.7 Å². The number of hydrogen-bond acceptors (Lipinski definition) is 7. The second kappa shape index (κ2) is 8.93. The summed E-state index contributed by atoms with van der Waals surface area (Å²) in [5.74, 6) is 0.469. The van der Waals surface area contributed by atoms with E-state index >= 15 is 0 Å². The van der Waals surface area contributed by atoms with Gasteiger partial charge in [-0.25, -0.2) is 9.97 Å². The van der Waals surface area contributed by atoms with Gasteiger partial charge in [0.2, 0.25) is 0 Å². The van der Waals surface area contributed by atoms with Crippen molar-refractivity contribution in [1.82, 2.24) is 19.7 Å². The topological polar surface area (TPSA) is 106 Å². The van der Waals surface area contributed by atoms with Gasteiger partial charge in [0.05, 0.1) is 39.9 Å². The highest BCUT2D eigenvalue weighted by molar-refractivity contribution is 7.13. The Kier molecular flexibility index (Phi) is 5.91. The smallest absolute Gasteiger partial charge is 0.257 e. The van der Waals surface area contributed by atoms with Crippen LogP contribution in [0.1, 0.15) is 28.9 Å². The SMILES string of the molecule is Cc1nn(C)c2nc(-c3cccs3)cc(C(=O)Nc3ncccc3OCCCC#N)c12. The molecule has 0 spiro atoms. The number of nitrogens with one attached hydrogen (secondary N) is 1. The number of unbranched alkanes of at least 4 members (excludes halogenated alkanes) is 1. The molecule has 4 rings (SSSR count). The number of fused-ring (bicyclic) bond motifs is 1. The van der Waals surface area contributed by atoms with Gasteiger partial charge >= 0.3 is 0 Å². The molecule has 156 valence electrons. The number of aromatic nitrogens is 4. The molecule has 0 saturated carbocycles. The minimum Gasteiger partial charge on any atom is -0.490 e. The third kappa shape index (κ3) is 4.25. The number of aryl methyl sites for hydroxylation is 2. The van der Waals surface area contributed by atoms with Gasteiger partial charge in [0.25, 0.3) is 5.91 Å². The summed E-state index contributed by atoms with van der Waals surface area (Å²) in [4.78, 5) is 23.3. The highest BCUT2D eigenvalue weighted by atomic mass is 32.1. The summed E-state index contributed by atoms with van der Waals surface area (Å²) >= 11 is 1.56. The van der Waals surface area contributed by atoms with Crippen LogP contribution >= 0.6 is 11.3 Å². The summed E-state index contributed by atoms with van der Waals surface area (Å²) in [6.45, 7) is 2.22. The van der Waals surface area contributed by atoms with Crippen LogP contribution in [0.3, 0.4) is 0 Å². The van der Waals surface area contributed by atoms with E-state index in [0.717, 1.165) is 10.6 Å². The van der Waals surface area contributed by atoms with E-state index in [2.05, 4.69) is 21.5 Å². The van der Waals surface area contributed by atoms with Crippen LogP contribution in [0.4, 0.5) is 5.82 Å². The first kappa shape index (κ1) is 20.5. The number of nitrogens with zero attached hydrogens (tertiary/aromatic N) is 5. The number of carbonyl (C=O) groups is 1. The van der Waals surface area contributed by atoms with E-state index in [0.29, 0.717) is 53.3 Å². The van der Waals surface area contributed by atoms with Crippen molar-refractivity contribution in [3.8, 4) is 22.4 Å². The van der Waals surface area contributed by atoms with E-state index in [1.54, 1.807) is 40.4 Å². The number of thiophene rings is 1. The van der Waals surface area contributed by atoms with Gasteiger partial charge in [-0.15, -0.1) is 11.3 Å². The number of pyridine rings is 2. The molecule has 31 heavy (non-hydrogen) atoms. The maximum Gasteiger partial charge on any atom is 0.257 e. The van der Waals surface area contributed by atoms with Gasteiger partial charge in [-0.05, 0) is 43.0 Å². The molecule has 0 bridgehead atoms. The first-order valence-corrected chi connectivity index (χ1v) is 10.6. The Morgan fingerprint density at radius 3 is 3.00 bits per heavy atom. The summed E-state index contributed by atoms with van der Waals surface area (Å²) in [7, 11) is 1.81. The number of amides is 1. The maximum atomic E-state index is 13.3. The fourth-order valence-electron chi connectivity index (χ4n) is 3.28. The van der Waals surface area contributed by atoms with Crippen LogP contribution in [0, 0.1) is 18.3 Å². The van der Waals surface area contributed by atoms with Gasteiger partial charge in [0.1, 0.15) is 0 Å². The monoisotopic (exact) mass is 432 g/mol. The molecule has 8 nitrogen and oxygen atoms in total. The average molecular weight is 433 g/mol. The van der Waals surface area contributed by atoms with Crippen LogP contribution in [0.15, 0.2) is 41.9 Å². The second-order valence-electron chi connectivity index (χ2n) is 6.85. The molecule has 4 aromatic rings. The molecule has 4 heterocycles. The van der Waals surface area contributed by atoms with E-state index in [9.17, 15) is 4.79 Å². The normalized spacial score (nSPS) is 10.7. The second-order valence-corrected chi connectivity index (χ2v) is 7.80. The van der Waals surface area contributed by atoms with Crippen molar-refractivity contribution in [2.75, 3.05) is 11.9 Å². The number of ether oxygens (including phenoxy) is 1. The largest absolute Gasteiger partial charge is 0.490 e. The fraction of sp³-hybridized carbons (Fsp3) is 0.227. The summed E-state index contributed by atoms with van der Waals surface area (Å²) in [6, 6.07) is 11.3. The lowest BCUT2D eigenvalue weighted by Gasteiger charge is -2.12. The maximum absolute atomic E-state index is 13.3. The van der Waals surface area contributed by atoms with E-state index in [1.165, 1.54) is 0 Å². The Hall–Kier alpha value is -3.77. The lowest BCUT2D eigenvalue weighted by atomic mass is 10.1. The first-order valence-electron chi connectivity index (χ1n) is 9.73. The Morgan fingerprint density at radius 2 is 2.23 bits per heavy atom. The zero-order valence-corrected chi connectivity index (χ0v) is 17.9. The van der Waals surface area contributed by atoms with Crippen LogP contribution in [-0.2, 0) is 7.05 Å². The molecule has 0 unspecified atom stereocenters. The van der Waals surface area contributed by atoms with Crippen molar-refractivity contribution >= 4 is 34.1 Å². The molecule has 1 amide bonds. The van der Waals surface area contributed by atoms with Crippen molar-refractivity contribution in [1.29, 1.82) is 5.26 Å². The average Bonchev–Trinajstić information content (AvgIpc) is 3.40. The lowest BCUT2D eigenvalue weighted by Crippen LogP contribution is -2.15. The van der Waals surface area contributed by atoms with Crippen LogP contribution in [0.5, 0.6) is 5.75 Å². The molecule has 1 N–H and O–H groups in total. The van der Waals surface area contributed by atoms with Crippen molar-refractivity contribution in [3.05, 3.63) is 53.2 Å². The standard InChI is InChI=1S/C22H20N6O2S/c1-14-19-15(13-16(18-8-6-12-31-18)25-21(19)28(2)27-14)22(29)26-20-17(7-5-10-24-20)30-11-4-3-9-23/h5-8,10,12-13H,3-4,11H2,1-2H3,(H,24,26,29). The summed E-state index contributed by atoms with van der Waals surface area (Å²) < 4.78 is 7.40. The zero-order chi connectivity index (χ0) is 21.8. The quantitative estimate of drug-likeness (QED) is 0.436. The molecule has 0 atom stereocenters. The van der Waals surface area contributed by atoms with Crippen molar-refractivity contribution in [2.45, 2.75) is 19.8 Å². The Morgan fingerprint density at radius 1 is 1.35 bits per heavy atom. The minimum absolute atomic E-state index is 0.318. The van der Waals surface area contributed by atoms with E-state index in [4.69, 9.17) is 15.0 Å². The van der Waals surface area contributed by atoms with Gasteiger partial charge in [-0.3, -0.25) is 9.48 Å². The third-order valence-corrected chi connectivity index (χ3v) is 5.57. The predicted molar refractivity (Wildman–Crippen MR) is 119 cm³/mol. The van der Waals surface area contributed by atoms with Gasteiger partial charge < -0.3 is 10.1 Å². The van der Waals surface area contributed by atoms with Crippen molar-refractivity contribution in [3.63, 3.8) is 0 Å². The minimum atomic E-state index is -0.318. The summed E-state index contributed by atoms with van der Waals surface area (Å²) in [5.41, 5.74) is 2.55. The summed E-state index contributed by atoms with van der Waals surface area (Å²) in [6.07, 6.45) is 2.60. The molecular weight excluding hydrogens is 412 g/mol. The lowest BCUT2D eigenvalue weighted by molar-refractivity contribution is 0.102. The predicted octanol–water partition coefficient (Wildman–Crippen LogP) is 4.34. The van der Waals surface area contributed by atoms with Crippen LogP contribution in [-0.4, -0.2) is 32.3 Å². The molecule has 0 aliphatic carbocycles. The number of nitriles is 1. The molecule has 0 saturated heterocycles. The molecule has 0 radical (unpaired) electrons. The van der Waals surface area contributed by atoms with Gasteiger partial charge in [-0.1, -0.05) is 6.07 Å².